The van der Waals surface area contributed by atoms with Crippen molar-refractivity contribution in [2.24, 2.45) is 0 Å². The molecule has 0 radical (unpaired) electrons. The lowest BCUT2D eigenvalue weighted by atomic mass is 10.1. The average Bonchev–Trinajstić information content (AvgIpc) is 3.26. The van der Waals surface area contributed by atoms with Crippen LogP contribution < -0.4 is 5.32 Å². The molecule has 0 saturated heterocycles. The van der Waals surface area contributed by atoms with Gasteiger partial charge in [0, 0.05) is 37.1 Å². The zero-order chi connectivity index (χ0) is 20.0. The normalized spacial score (nSPS) is 11.3. The number of nitrogens with one attached hydrogen (secondary N) is 1. The van der Waals surface area contributed by atoms with Crippen LogP contribution in [0.15, 0.2) is 66.2 Å². The molecule has 2 heterocycles. The molecule has 1 amide bonds. The molecule has 1 aromatic carbocycles. The van der Waals surface area contributed by atoms with Crippen LogP contribution in [-0.2, 0) is 27.6 Å². The third-order valence-corrected chi connectivity index (χ3v) is 6.15. The topological polar surface area (TPSA) is 94.0 Å². The van der Waals surface area contributed by atoms with Crippen molar-refractivity contribution in [2.45, 2.75) is 31.2 Å². The zero-order valence-corrected chi connectivity index (χ0v) is 16.4. The molecule has 0 aliphatic heterocycles. The smallest absolute Gasteiger partial charge is 0.220 e. The van der Waals surface area contributed by atoms with Crippen molar-refractivity contribution in [2.75, 3.05) is 5.75 Å². The van der Waals surface area contributed by atoms with E-state index in [0.717, 1.165) is 16.9 Å². The third-order valence-electron chi connectivity index (χ3n) is 4.40. The molecule has 1 N–H and O–H groups in total. The summed E-state index contributed by atoms with van der Waals surface area (Å²) in [4.78, 5) is 20.9. The fourth-order valence-corrected chi connectivity index (χ4v) is 3.64. The van der Waals surface area contributed by atoms with E-state index in [1.165, 1.54) is 0 Å². The highest BCUT2D eigenvalue weighted by Gasteiger charge is 2.11. The van der Waals surface area contributed by atoms with Gasteiger partial charge in [-0.05, 0) is 30.2 Å². The molecule has 146 valence electrons. The number of hydrogen-bond acceptors (Lipinski definition) is 5. The minimum absolute atomic E-state index is 0.0736. The second-order valence-corrected chi connectivity index (χ2v) is 8.56. The summed E-state index contributed by atoms with van der Waals surface area (Å²) in [6.07, 6.45) is 7.70. The number of aryl methyl sites for hydroxylation is 1. The van der Waals surface area contributed by atoms with E-state index in [9.17, 15) is 13.2 Å². The van der Waals surface area contributed by atoms with E-state index in [1.807, 2.05) is 12.1 Å². The Kier molecular flexibility index (Phi) is 6.20. The van der Waals surface area contributed by atoms with Gasteiger partial charge in [0.2, 0.25) is 5.91 Å². The highest BCUT2D eigenvalue weighted by molar-refractivity contribution is 7.91. The predicted octanol–water partition coefficient (Wildman–Crippen LogP) is 2.31. The molecular weight excluding hydrogens is 376 g/mol. The zero-order valence-electron chi connectivity index (χ0n) is 15.6. The number of imidazole rings is 1. The van der Waals surface area contributed by atoms with Crippen molar-refractivity contribution in [3.63, 3.8) is 0 Å². The molecule has 0 aliphatic rings. The van der Waals surface area contributed by atoms with E-state index in [1.54, 1.807) is 60.7 Å². The molecular formula is C20H22N4O3S. The molecule has 0 atom stereocenters. The summed E-state index contributed by atoms with van der Waals surface area (Å²) in [6.45, 7) is 1.99. The second kappa shape index (κ2) is 8.79. The molecule has 0 spiro atoms. The lowest BCUT2D eigenvalue weighted by Gasteiger charge is -2.10. The van der Waals surface area contributed by atoms with E-state index < -0.39 is 9.84 Å². The number of rotatable bonds is 8. The number of nitrogens with zero attached hydrogens (tertiary/aromatic N) is 3. The van der Waals surface area contributed by atoms with E-state index in [2.05, 4.69) is 15.3 Å². The molecule has 28 heavy (non-hydrogen) atoms. The van der Waals surface area contributed by atoms with Crippen LogP contribution in [0.3, 0.4) is 0 Å². The quantitative estimate of drug-likeness (QED) is 0.628. The Balaban J connectivity index is 1.55. The molecule has 8 heteroatoms. The Morgan fingerprint density at radius 2 is 1.93 bits per heavy atom. The van der Waals surface area contributed by atoms with Gasteiger partial charge < -0.3 is 5.32 Å². The van der Waals surface area contributed by atoms with Crippen LogP contribution in [0.4, 0.5) is 0 Å². The van der Waals surface area contributed by atoms with Crippen LogP contribution in [0.25, 0.3) is 5.82 Å². The van der Waals surface area contributed by atoms with Gasteiger partial charge in [0.05, 0.1) is 10.6 Å². The second-order valence-electron chi connectivity index (χ2n) is 6.28. The molecule has 0 unspecified atom stereocenters. The number of aromatic nitrogens is 3. The van der Waals surface area contributed by atoms with Gasteiger partial charge in [-0.3, -0.25) is 9.36 Å². The van der Waals surface area contributed by atoms with E-state index in [0.29, 0.717) is 24.3 Å². The first-order valence-electron chi connectivity index (χ1n) is 9.00. The molecule has 3 aromatic rings. The number of hydrogen-bond donors (Lipinski definition) is 1. The van der Waals surface area contributed by atoms with Crippen LogP contribution >= 0.6 is 0 Å². The van der Waals surface area contributed by atoms with Gasteiger partial charge in [-0.1, -0.05) is 25.1 Å². The highest BCUT2D eigenvalue weighted by Crippen LogP contribution is 2.14. The van der Waals surface area contributed by atoms with Gasteiger partial charge in [0.25, 0.3) is 0 Å². The number of sulfone groups is 1. The molecule has 0 saturated carbocycles. The lowest BCUT2D eigenvalue weighted by Crippen LogP contribution is -2.24. The molecule has 7 nitrogen and oxygen atoms in total. The van der Waals surface area contributed by atoms with E-state index in [-0.39, 0.29) is 11.7 Å². The van der Waals surface area contributed by atoms with Crippen molar-refractivity contribution in [3.05, 3.63) is 72.4 Å². The highest BCUT2D eigenvalue weighted by atomic mass is 32.2. The Morgan fingerprint density at radius 1 is 1.14 bits per heavy atom. The first-order valence-corrected chi connectivity index (χ1v) is 10.7. The summed E-state index contributed by atoms with van der Waals surface area (Å²) < 4.78 is 25.5. The average molecular weight is 398 g/mol. The van der Waals surface area contributed by atoms with Crippen LogP contribution in [0.1, 0.15) is 24.5 Å². The summed E-state index contributed by atoms with van der Waals surface area (Å²) in [5.41, 5.74) is 1.81. The Morgan fingerprint density at radius 3 is 2.61 bits per heavy atom. The summed E-state index contributed by atoms with van der Waals surface area (Å²) in [5.74, 6) is 0.725. The maximum atomic E-state index is 12.2. The monoisotopic (exact) mass is 398 g/mol. The standard InChI is InChI=1S/C20H22N4O3S/c1-2-28(26,27)18-8-5-16(6-9-18)7-10-19(25)23-14-17-4-3-11-22-20(17)24-13-12-21-15-24/h3-6,8-9,11-13,15H,2,7,10,14H2,1H3,(H,23,25). The number of pyridine rings is 1. The Labute approximate surface area is 164 Å². The van der Waals surface area contributed by atoms with Crippen molar-refractivity contribution in [1.29, 1.82) is 0 Å². The summed E-state index contributed by atoms with van der Waals surface area (Å²) in [6, 6.07) is 10.4. The fourth-order valence-electron chi connectivity index (χ4n) is 2.76. The summed E-state index contributed by atoms with van der Waals surface area (Å²) in [7, 11) is -3.20. The van der Waals surface area contributed by atoms with Crippen molar-refractivity contribution < 1.29 is 13.2 Å². The molecule has 0 fully saturated rings. The number of carbonyl (C=O) groups is 1. The van der Waals surface area contributed by atoms with Crippen LogP contribution in [0, 0.1) is 0 Å². The third kappa shape index (κ3) is 4.83. The first kappa shape index (κ1) is 19.8. The predicted molar refractivity (Wildman–Crippen MR) is 106 cm³/mol. The van der Waals surface area contributed by atoms with Crippen molar-refractivity contribution in [1.82, 2.24) is 19.9 Å². The Bertz CT molecular complexity index is 1030. The van der Waals surface area contributed by atoms with Crippen molar-refractivity contribution >= 4 is 15.7 Å². The number of amides is 1. The Hall–Kier alpha value is -3.00. The molecule has 2 aromatic heterocycles. The maximum absolute atomic E-state index is 12.2. The number of carbonyl (C=O) groups excluding carboxylic acids is 1. The lowest BCUT2D eigenvalue weighted by molar-refractivity contribution is -0.121. The minimum Gasteiger partial charge on any atom is -0.352 e. The van der Waals surface area contributed by atoms with Gasteiger partial charge in [-0.25, -0.2) is 18.4 Å². The first-order chi connectivity index (χ1) is 13.5. The van der Waals surface area contributed by atoms with Gasteiger partial charge in [0.1, 0.15) is 12.1 Å². The van der Waals surface area contributed by atoms with E-state index >= 15 is 0 Å². The molecule has 3 rings (SSSR count). The van der Waals surface area contributed by atoms with Gasteiger partial charge in [-0.15, -0.1) is 0 Å². The van der Waals surface area contributed by atoms with Crippen LogP contribution in [0.5, 0.6) is 0 Å². The van der Waals surface area contributed by atoms with Crippen molar-refractivity contribution in [3.8, 4) is 5.82 Å². The van der Waals surface area contributed by atoms with Gasteiger partial charge in [-0.2, -0.15) is 0 Å². The fraction of sp³-hybridized carbons (Fsp3) is 0.250. The maximum Gasteiger partial charge on any atom is 0.220 e. The largest absolute Gasteiger partial charge is 0.352 e. The SMILES string of the molecule is CCS(=O)(=O)c1ccc(CCC(=O)NCc2cccnc2-n2ccnc2)cc1. The van der Waals surface area contributed by atoms with Gasteiger partial charge >= 0.3 is 0 Å². The number of benzene rings is 1. The van der Waals surface area contributed by atoms with Gasteiger partial charge in [0.15, 0.2) is 9.84 Å². The minimum atomic E-state index is -3.20. The summed E-state index contributed by atoms with van der Waals surface area (Å²) >= 11 is 0. The summed E-state index contributed by atoms with van der Waals surface area (Å²) in [5, 5.41) is 2.91. The van der Waals surface area contributed by atoms with E-state index in [4.69, 9.17) is 0 Å². The molecule has 0 aliphatic carbocycles. The van der Waals surface area contributed by atoms with Crippen LogP contribution in [0.2, 0.25) is 0 Å². The molecule has 0 bridgehead atoms. The van der Waals surface area contributed by atoms with Crippen LogP contribution in [-0.4, -0.2) is 34.6 Å².